The number of hydrogen-bond acceptors (Lipinski definition) is 3. The average Bonchev–Trinajstić information content (AvgIpc) is 2.47. The molecule has 1 heterocycles. The summed E-state index contributed by atoms with van der Waals surface area (Å²) < 4.78 is 0. The zero-order valence-corrected chi connectivity index (χ0v) is 13.1. The topological polar surface area (TPSA) is 41.1 Å². The van der Waals surface area contributed by atoms with Crippen LogP contribution in [0.5, 0.6) is 0 Å². The number of thioether (sulfide) groups is 1. The molecule has 2 aromatic rings. The molecule has 1 atom stereocenters. The minimum atomic E-state index is 0.0513. The highest BCUT2D eigenvalue weighted by Gasteiger charge is 2.16. The van der Waals surface area contributed by atoms with Gasteiger partial charge in [-0.15, -0.1) is 11.8 Å². The molecule has 108 valence electrons. The van der Waals surface area contributed by atoms with Gasteiger partial charge in [-0.05, 0) is 42.8 Å². The first kappa shape index (κ1) is 14.3. The van der Waals surface area contributed by atoms with E-state index in [-0.39, 0.29) is 11.9 Å². The maximum atomic E-state index is 11.4. The lowest BCUT2D eigenvalue weighted by atomic mass is 10.1. The molecule has 0 bridgehead atoms. The van der Waals surface area contributed by atoms with Crippen molar-refractivity contribution in [3.8, 4) is 0 Å². The van der Waals surface area contributed by atoms with Crippen LogP contribution in [0.1, 0.15) is 18.5 Å². The highest BCUT2D eigenvalue weighted by molar-refractivity contribution is 8.00. The summed E-state index contributed by atoms with van der Waals surface area (Å²) in [6, 6.07) is 14.0. The highest BCUT2D eigenvalue weighted by atomic mass is 35.5. The summed E-state index contributed by atoms with van der Waals surface area (Å²) in [5.74, 6) is 0.538. The Balaban J connectivity index is 1.77. The largest absolute Gasteiger partial charge is 0.378 e. The Morgan fingerprint density at radius 3 is 2.76 bits per heavy atom. The third-order valence-electron chi connectivity index (χ3n) is 3.37. The predicted octanol–water partition coefficient (Wildman–Crippen LogP) is 4.56. The van der Waals surface area contributed by atoms with E-state index in [4.69, 9.17) is 11.6 Å². The number of amides is 1. The lowest BCUT2D eigenvalue weighted by Crippen LogP contribution is -2.18. The lowest BCUT2D eigenvalue weighted by Gasteiger charge is -2.20. The van der Waals surface area contributed by atoms with Gasteiger partial charge in [0.05, 0.1) is 11.4 Å². The summed E-state index contributed by atoms with van der Waals surface area (Å²) in [4.78, 5) is 12.6. The molecule has 21 heavy (non-hydrogen) atoms. The van der Waals surface area contributed by atoms with Crippen LogP contribution in [0, 0.1) is 0 Å². The zero-order chi connectivity index (χ0) is 14.8. The maximum absolute atomic E-state index is 11.4. The Morgan fingerprint density at radius 2 is 2.00 bits per heavy atom. The van der Waals surface area contributed by atoms with Crippen LogP contribution in [0.4, 0.5) is 11.4 Å². The van der Waals surface area contributed by atoms with Crippen LogP contribution in [-0.4, -0.2) is 11.7 Å². The molecule has 0 radical (unpaired) electrons. The van der Waals surface area contributed by atoms with Gasteiger partial charge in [-0.3, -0.25) is 4.79 Å². The molecule has 3 rings (SSSR count). The SMILES string of the molecule is CC(Nc1ccc2c(c1)NC(=O)CS2)c1ccc(Cl)cc1. The van der Waals surface area contributed by atoms with Crippen molar-refractivity contribution >= 4 is 40.6 Å². The van der Waals surface area contributed by atoms with Gasteiger partial charge in [0.25, 0.3) is 0 Å². The van der Waals surface area contributed by atoms with Gasteiger partial charge in [-0.1, -0.05) is 23.7 Å². The Morgan fingerprint density at radius 1 is 1.24 bits per heavy atom. The number of fused-ring (bicyclic) bond motifs is 1. The van der Waals surface area contributed by atoms with Gasteiger partial charge < -0.3 is 10.6 Å². The van der Waals surface area contributed by atoms with Crippen molar-refractivity contribution in [3.63, 3.8) is 0 Å². The van der Waals surface area contributed by atoms with Crippen LogP contribution in [0.2, 0.25) is 5.02 Å². The molecule has 0 aromatic heterocycles. The molecular formula is C16H15ClN2OS. The Kier molecular flexibility index (Phi) is 4.08. The van der Waals surface area contributed by atoms with E-state index in [0.717, 1.165) is 26.9 Å². The van der Waals surface area contributed by atoms with Crippen LogP contribution in [0.15, 0.2) is 47.4 Å². The standard InChI is InChI=1S/C16H15ClN2OS/c1-10(11-2-4-12(17)5-3-11)18-13-6-7-15-14(8-13)19-16(20)9-21-15/h2-8,10,18H,9H2,1H3,(H,19,20). The quantitative estimate of drug-likeness (QED) is 0.871. The van der Waals surface area contributed by atoms with Crippen LogP contribution in [0.25, 0.3) is 0 Å². The molecule has 5 heteroatoms. The molecule has 1 unspecified atom stereocenters. The number of anilines is 2. The van der Waals surface area contributed by atoms with Gasteiger partial charge in [-0.25, -0.2) is 0 Å². The molecule has 2 aromatic carbocycles. The van der Waals surface area contributed by atoms with Gasteiger partial charge in [-0.2, -0.15) is 0 Å². The molecule has 0 spiro atoms. The van der Waals surface area contributed by atoms with Gasteiger partial charge in [0.2, 0.25) is 5.91 Å². The highest BCUT2D eigenvalue weighted by Crippen LogP contribution is 2.34. The van der Waals surface area contributed by atoms with Crippen molar-refractivity contribution in [1.29, 1.82) is 0 Å². The number of hydrogen-bond donors (Lipinski definition) is 2. The molecular weight excluding hydrogens is 304 g/mol. The van der Waals surface area contributed by atoms with E-state index in [2.05, 4.69) is 17.6 Å². The van der Waals surface area contributed by atoms with Gasteiger partial charge in [0.1, 0.15) is 0 Å². The molecule has 0 fully saturated rings. The number of rotatable bonds is 3. The minimum Gasteiger partial charge on any atom is -0.378 e. The van der Waals surface area contributed by atoms with Crippen molar-refractivity contribution in [3.05, 3.63) is 53.1 Å². The molecule has 2 N–H and O–H groups in total. The fourth-order valence-electron chi connectivity index (χ4n) is 2.26. The number of nitrogens with one attached hydrogen (secondary N) is 2. The van der Waals surface area contributed by atoms with Crippen LogP contribution >= 0.6 is 23.4 Å². The number of halogens is 1. The Hall–Kier alpha value is -1.65. The monoisotopic (exact) mass is 318 g/mol. The summed E-state index contributed by atoms with van der Waals surface area (Å²) in [6.07, 6.45) is 0. The van der Waals surface area contributed by atoms with E-state index < -0.39 is 0 Å². The maximum Gasteiger partial charge on any atom is 0.234 e. The fraction of sp³-hybridized carbons (Fsp3) is 0.188. The molecule has 0 saturated heterocycles. The molecule has 1 aliphatic rings. The molecule has 1 amide bonds. The van der Waals surface area contributed by atoms with Crippen molar-refractivity contribution < 1.29 is 4.79 Å². The fourth-order valence-corrected chi connectivity index (χ4v) is 3.17. The molecule has 0 aliphatic carbocycles. The van der Waals surface area contributed by atoms with E-state index in [1.54, 1.807) is 11.8 Å². The number of carbonyl (C=O) groups is 1. The Labute approximate surface area is 133 Å². The third kappa shape index (κ3) is 3.34. The predicted molar refractivity (Wildman–Crippen MR) is 89.3 cm³/mol. The number of benzene rings is 2. The lowest BCUT2D eigenvalue weighted by molar-refractivity contribution is -0.113. The van der Waals surface area contributed by atoms with E-state index in [9.17, 15) is 4.79 Å². The summed E-state index contributed by atoms with van der Waals surface area (Å²) >= 11 is 7.47. The van der Waals surface area contributed by atoms with E-state index in [1.807, 2.05) is 42.5 Å². The number of carbonyl (C=O) groups excluding carboxylic acids is 1. The first-order valence-corrected chi connectivity index (χ1v) is 8.07. The van der Waals surface area contributed by atoms with Crippen LogP contribution in [-0.2, 0) is 4.79 Å². The third-order valence-corrected chi connectivity index (χ3v) is 4.69. The summed E-state index contributed by atoms with van der Waals surface area (Å²) in [5, 5.41) is 7.08. The van der Waals surface area contributed by atoms with Crippen molar-refractivity contribution in [1.82, 2.24) is 0 Å². The summed E-state index contributed by atoms with van der Waals surface area (Å²) in [7, 11) is 0. The second-order valence-electron chi connectivity index (χ2n) is 4.97. The van der Waals surface area contributed by atoms with Crippen molar-refractivity contribution in [2.24, 2.45) is 0 Å². The second kappa shape index (κ2) is 6.00. The average molecular weight is 319 g/mol. The minimum absolute atomic E-state index is 0.0513. The van der Waals surface area contributed by atoms with E-state index >= 15 is 0 Å². The Bertz CT molecular complexity index is 672. The van der Waals surface area contributed by atoms with E-state index in [1.165, 1.54) is 0 Å². The summed E-state index contributed by atoms with van der Waals surface area (Å²) in [6.45, 7) is 2.09. The second-order valence-corrected chi connectivity index (χ2v) is 6.42. The normalized spacial score (nSPS) is 15.0. The zero-order valence-electron chi connectivity index (χ0n) is 11.5. The smallest absolute Gasteiger partial charge is 0.234 e. The van der Waals surface area contributed by atoms with Crippen molar-refractivity contribution in [2.75, 3.05) is 16.4 Å². The first-order valence-electron chi connectivity index (χ1n) is 6.70. The first-order chi connectivity index (χ1) is 10.1. The van der Waals surface area contributed by atoms with Crippen LogP contribution < -0.4 is 10.6 Å². The van der Waals surface area contributed by atoms with Crippen LogP contribution in [0.3, 0.4) is 0 Å². The molecule has 0 saturated carbocycles. The van der Waals surface area contributed by atoms with Gasteiger partial charge >= 0.3 is 0 Å². The van der Waals surface area contributed by atoms with Gasteiger partial charge in [0, 0.05) is 21.6 Å². The summed E-state index contributed by atoms with van der Waals surface area (Å²) in [5.41, 5.74) is 3.03. The molecule has 1 aliphatic heterocycles. The molecule has 3 nitrogen and oxygen atoms in total. The van der Waals surface area contributed by atoms with Gasteiger partial charge in [0.15, 0.2) is 0 Å². The van der Waals surface area contributed by atoms with E-state index in [0.29, 0.717) is 5.75 Å². The van der Waals surface area contributed by atoms with Crippen molar-refractivity contribution in [2.45, 2.75) is 17.9 Å².